The molecule has 1 atom stereocenters. The summed E-state index contributed by atoms with van der Waals surface area (Å²) in [6, 6.07) is 9.88. The molecule has 9 heteroatoms. The van der Waals surface area contributed by atoms with Gasteiger partial charge in [-0.2, -0.15) is 18.3 Å². The van der Waals surface area contributed by atoms with Crippen molar-refractivity contribution in [3.8, 4) is 0 Å². The summed E-state index contributed by atoms with van der Waals surface area (Å²) in [6.07, 6.45) is -1.92. The third kappa shape index (κ3) is 5.22. The maximum atomic E-state index is 12.7. The molecule has 0 N–H and O–H groups in total. The summed E-state index contributed by atoms with van der Waals surface area (Å²) in [5.74, 6) is 0. The zero-order chi connectivity index (χ0) is 19.4. The lowest BCUT2D eigenvalue weighted by atomic mass is 10.1. The number of aromatic nitrogens is 3. The molecule has 1 unspecified atom stereocenters. The van der Waals surface area contributed by atoms with Crippen molar-refractivity contribution in [2.45, 2.75) is 25.4 Å². The molecule has 3 aromatic rings. The fourth-order valence-corrected chi connectivity index (χ4v) is 3.02. The van der Waals surface area contributed by atoms with E-state index < -0.39 is 17.8 Å². The van der Waals surface area contributed by atoms with Crippen LogP contribution in [0.5, 0.6) is 0 Å². The van der Waals surface area contributed by atoms with Gasteiger partial charge in [0.15, 0.2) is 0 Å². The van der Waals surface area contributed by atoms with E-state index in [1.54, 1.807) is 22.9 Å². The lowest BCUT2D eigenvalue weighted by Crippen LogP contribution is -2.14. The second kappa shape index (κ2) is 8.29. The predicted octanol–water partition coefficient (Wildman–Crippen LogP) is 5.56. The summed E-state index contributed by atoms with van der Waals surface area (Å²) >= 11 is 12.2. The molecule has 0 aliphatic rings. The quantitative estimate of drug-likeness (QED) is 0.528. The molecular formula is C18H14Cl2F3N3O. The highest BCUT2D eigenvalue weighted by molar-refractivity contribution is 6.35. The van der Waals surface area contributed by atoms with Crippen molar-refractivity contribution in [1.82, 2.24) is 14.8 Å². The van der Waals surface area contributed by atoms with E-state index >= 15 is 0 Å². The Morgan fingerprint density at radius 1 is 1.07 bits per heavy atom. The average molecular weight is 416 g/mol. The molecule has 0 radical (unpaired) electrons. The summed E-state index contributed by atoms with van der Waals surface area (Å²) in [6.45, 7) is 0.443. The zero-order valence-corrected chi connectivity index (χ0v) is 15.3. The summed E-state index contributed by atoms with van der Waals surface area (Å²) in [5.41, 5.74) is 0.603. The largest absolute Gasteiger partial charge is 0.416 e. The molecule has 1 heterocycles. The zero-order valence-electron chi connectivity index (χ0n) is 13.8. The van der Waals surface area contributed by atoms with Gasteiger partial charge in [-0.15, -0.1) is 0 Å². The highest BCUT2D eigenvalue weighted by Crippen LogP contribution is 2.31. The van der Waals surface area contributed by atoms with Crippen molar-refractivity contribution < 1.29 is 17.9 Å². The van der Waals surface area contributed by atoms with Crippen LogP contribution in [-0.4, -0.2) is 14.8 Å². The average Bonchev–Trinajstić information content (AvgIpc) is 3.12. The molecule has 4 nitrogen and oxygen atoms in total. The molecule has 0 aliphatic carbocycles. The van der Waals surface area contributed by atoms with E-state index in [2.05, 4.69) is 10.1 Å². The molecule has 0 fully saturated rings. The van der Waals surface area contributed by atoms with E-state index in [4.69, 9.17) is 27.9 Å². The van der Waals surface area contributed by atoms with Crippen molar-refractivity contribution in [2.24, 2.45) is 0 Å². The Morgan fingerprint density at radius 3 is 2.41 bits per heavy atom. The van der Waals surface area contributed by atoms with Gasteiger partial charge < -0.3 is 4.74 Å². The smallest absolute Gasteiger partial charge is 0.367 e. The molecule has 0 saturated carbocycles. The topological polar surface area (TPSA) is 39.9 Å². The van der Waals surface area contributed by atoms with E-state index in [0.29, 0.717) is 27.7 Å². The number of hydrogen-bond acceptors (Lipinski definition) is 3. The normalized spacial score (nSPS) is 12.9. The van der Waals surface area contributed by atoms with Crippen LogP contribution in [0.4, 0.5) is 13.2 Å². The lowest BCUT2D eigenvalue weighted by Gasteiger charge is -2.20. The first-order valence-corrected chi connectivity index (χ1v) is 8.63. The minimum absolute atomic E-state index is 0.108. The van der Waals surface area contributed by atoms with Gasteiger partial charge in [0.25, 0.3) is 0 Å². The molecular weight excluding hydrogens is 402 g/mol. The molecule has 0 spiro atoms. The van der Waals surface area contributed by atoms with Crippen molar-refractivity contribution >= 4 is 23.2 Å². The third-order valence-corrected chi connectivity index (χ3v) is 4.42. The van der Waals surface area contributed by atoms with Gasteiger partial charge >= 0.3 is 6.18 Å². The number of halogens is 5. The number of benzene rings is 2. The summed E-state index contributed by atoms with van der Waals surface area (Å²) in [4.78, 5) is 3.89. The van der Waals surface area contributed by atoms with Gasteiger partial charge in [-0.3, -0.25) is 4.68 Å². The van der Waals surface area contributed by atoms with Crippen LogP contribution in [0.3, 0.4) is 0 Å². The van der Waals surface area contributed by atoms with Crippen molar-refractivity contribution in [1.29, 1.82) is 0 Å². The predicted molar refractivity (Wildman–Crippen MR) is 95.5 cm³/mol. The monoisotopic (exact) mass is 415 g/mol. The molecule has 1 aromatic heterocycles. The second-order valence-electron chi connectivity index (χ2n) is 5.78. The maximum Gasteiger partial charge on any atom is 0.416 e. The fraction of sp³-hybridized carbons (Fsp3) is 0.222. The molecule has 3 rings (SSSR count). The van der Waals surface area contributed by atoms with Crippen molar-refractivity contribution in [3.63, 3.8) is 0 Å². The van der Waals surface area contributed by atoms with Gasteiger partial charge in [0.1, 0.15) is 18.8 Å². The second-order valence-corrected chi connectivity index (χ2v) is 6.62. The number of nitrogens with zero attached hydrogens (tertiary/aromatic N) is 3. The molecule has 0 bridgehead atoms. The number of alkyl halides is 3. The summed E-state index contributed by atoms with van der Waals surface area (Å²) in [5, 5.41) is 4.98. The van der Waals surface area contributed by atoms with Crippen LogP contribution < -0.4 is 0 Å². The van der Waals surface area contributed by atoms with E-state index in [0.717, 1.165) is 12.1 Å². The Balaban J connectivity index is 1.77. The number of hydrogen-bond donors (Lipinski definition) is 0. The van der Waals surface area contributed by atoms with Gasteiger partial charge in [0.05, 0.1) is 18.7 Å². The van der Waals surface area contributed by atoms with Gasteiger partial charge in [-0.1, -0.05) is 41.4 Å². The van der Waals surface area contributed by atoms with E-state index in [1.165, 1.54) is 24.8 Å². The Hall–Kier alpha value is -2.09. The Morgan fingerprint density at radius 2 is 1.81 bits per heavy atom. The first kappa shape index (κ1) is 19.7. The number of ether oxygens (including phenoxy) is 1. The van der Waals surface area contributed by atoms with Gasteiger partial charge in [0.2, 0.25) is 0 Å². The van der Waals surface area contributed by atoms with Crippen LogP contribution in [-0.2, 0) is 24.1 Å². The first-order chi connectivity index (χ1) is 12.8. The summed E-state index contributed by atoms with van der Waals surface area (Å²) < 4.78 is 45.5. The molecule has 27 heavy (non-hydrogen) atoms. The SMILES string of the molecule is FC(F)(F)c1ccc(COC(Cn2cncn2)c2ccc(Cl)cc2Cl)cc1. The van der Waals surface area contributed by atoms with E-state index in [9.17, 15) is 13.2 Å². The highest BCUT2D eigenvalue weighted by Gasteiger charge is 2.30. The van der Waals surface area contributed by atoms with Gasteiger partial charge in [-0.25, -0.2) is 4.98 Å². The molecule has 0 aliphatic heterocycles. The molecule has 142 valence electrons. The highest BCUT2D eigenvalue weighted by atomic mass is 35.5. The standard InChI is InChI=1S/C18H14Cl2F3N3O/c19-14-5-6-15(16(20)7-14)17(8-26-11-24-10-25-26)27-9-12-1-3-13(4-2-12)18(21,22)23/h1-7,10-11,17H,8-9H2. The minimum Gasteiger partial charge on any atom is -0.367 e. The Labute approximate surface area is 163 Å². The Bertz CT molecular complexity index is 884. The van der Waals surface area contributed by atoms with Crippen LogP contribution in [0.2, 0.25) is 10.0 Å². The van der Waals surface area contributed by atoms with Crippen molar-refractivity contribution in [2.75, 3.05) is 0 Å². The summed E-state index contributed by atoms with van der Waals surface area (Å²) in [7, 11) is 0. The first-order valence-electron chi connectivity index (χ1n) is 7.88. The Kier molecular flexibility index (Phi) is 6.04. The molecule has 0 amide bonds. The number of rotatable bonds is 6. The van der Waals surface area contributed by atoms with Crippen LogP contribution in [0, 0.1) is 0 Å². The third-order valence-electron chi connectivity index (χ3n) is 3.86. The van der Waals surface area contributed by atoms with E-state index in [-0.39, 0.29) is 6.61 Å². The van der Waals surface area contributed by atoms with Crippen LogP contribution in [0.25, 0.3) is 0 Å². The van der Waals surface area contributed by atoms with Gasteiger partial charge in [-0.05, 0) is 29.8 Å². The van der Waals surface area contributed by atoms with Crippen LogP contribution >= 0.6 is 23.2 Å². The van der Waals surface area contributed by atoms with E-state index in [1.807, 2.05) is 0 Å². The van der Waals surface area contributed by atoms with Crippen molar-refractivity contribution in [3.05, 3.63) is 81.9 Å². The fourth-order valence-electron chi connectivity index (χ4n) is 2.49. The minimum atomic E-state index is -4.37. The molecule has 2 aromatic carbocycles. The van der Waals surface area contributed by atoms with Crippen LogP contribution in [0.1, 0.15) is 22.8 Å². The van der Waals surface area contributed by atoms with Crippen LogP contribution in [0.15, 0.2) is 55.1 Å². The molecule has 0 saturated heterocycles. The lowest BCUT2D eigenvalue weighted by molar-refractivity contribution is -0.137. The maximum absolute atomic E-state index is 12.7. The van der Waals surface area contributed by atoms with Gasteiger partial charge in [0, 0.05) is 15.6 Å².